The standard InChI is InChI=1S/C26H34N4O3/c1-13(2)26-21(16-5-6-16)19(27-32-26)11-14(3)23-22(17-7-8-17)20(31-28-23)12-15(4)24-25(18-9-10-18)30-33-29-24/h13-18H,5-12H2,1-4H3. The fraction of sp³-hybridized carbons (Fsp3) is 0.692. The van der Waals surface area contributed by atoms with Crippen LogP contribution < -0.4 is 0 Å². The summed E-state index contributed by atoms with van der Waals surface area (Å²) >= 11 is 0. The van der Waals surface area contributed by atoms with Crippen LogP contribution in [0, 0.1) is 0 Å². The molecule has 3 heterocycles. The van der Waals surface area contributed by atoms with E-state index < -0.39 is 0 Å². The highest BCUT2D eigenvalue weighted by Gasteiger charge is 2.38. The number of aromatic nitrogens is 4. The Labute approximate surface area is 194 Å². The second-order valence-electron chi connectivity index (χ2n) is 11.0. The summed E-state index contributed by atoms with van der Waals surface area (Å²) in [6, 6.07) is 0. The van der Waals surface area contributed by atoms with Gasteiger partial charge in [-0.1, -0.05) is 48.3 Å². The molecule has 6 rings (SSSR count). The zero-order valence-corrected chi connectivity index (χ0v) is 20.1. The molecule has 3 aromatic rings. The largest absolute Gasteiger partial charge is 0.361 e. The molecule has 0 radical (unpaired) electrons. The van der Waals surface area contributed by atoms with Gasteiger partial charge in [0.25, 0.3) is 0 Å². The Kier molecular flexibility index (Phi) is 5.18. The third kappa shape index (κ3) is 4.04. The Morgan fingerprint density at radius 1 is 0.697 bits per heavy atom. The van der Waals surface area contributed by atoms with Crippen LogP contribution in [0.4, 0.5) is 0 Å². The molecule has 3 aliphatic rings. The number of nitrogens with zero attached hydrogens (tertiary/aromatic N) is 4. The lowest BCUT2D eigenvalue weighted by Gasteiger charge is -2.12. The maximum Gasteiger partial charge on any atom is 0.142 e. The molecule has 2 atom stereocenters. The smallest absolute Gasteiger partial charge is 0.142 e. The van der Waals surface area contributed by atoms with Gasteiger partial charge >= 0.3 is 0 Å². The summed E-state index contributed by atoms with van der Waals surface area (Å²) in [5.74, 6) is 4.63. The molecule has 3 aliphatic carbocycles. The van der Waals surface area contributed by atoms with Crippen LogP contribution in [0.5, 0.6) is 0 Å². The first kappa shape index (κ1) is 21.1. The molecule has 7 nitrogen and oxygen atoms in total. The molecule has 3 saturated carbocycles. The summed E-state index contributed by atoms with van der Waals surface area (Å²) in [6.07, 6.45) is 8.95. The van der Waals surface area contributed by atoms with Crippen molar-refractivity contribution in [2.24, 2.45) is 0 Å². The van der Waals surface area contributed by atoms with Gasteiger partial charge in [-0.05, 0) is 50.4 Å². The highest BCUT2D eigenvalue weighted by atomic mass is 16.6. The van der Waals surface area contributed by atoms with Gasteiger partial charge in [-0.25, -0.2) is 4.63 Å². The van der Waals surface area contributed by atoms with Crippen molar-refractivity contribution >= 4 is 0 Å². The van der Waals surface area contributed by atoms with Crippen molar-refractivity contribution in [3.63, 3.8) is 0 Å². The van der Waals surface area contributed by atoms with Crippen LogP contribution in [-0.2, 0) is 12.8 Å². The zero-order valence-electron chi connectivity index (χ0n) is 20.1. The first-order valence-corrected chi connectivity index (χ1v) is 12.8. The monoisotopic (exact) mass is 450 g/mol. The summed E-state index contributed by atoms with van der Waals surface area (Å²) in [6.45, 7) is 8.83. The summed E-state index contributed by atoms with van der Waals surface area (Å²) in [7, 11) is 0. The van der Waals surface area contributed by atoms with Crippen molar-refractivity contribution in [1.82, 2.24) is 20.6 Å². The highest BCUT2D eigenvalue weighted by Crippen LogP contribution is 2.49. The van der Waals surface area contributed by atoms with Crippen LogP contribution in [0.25, 0.3) is 0 Å². The van der Waals surface area contributed by atoms with E-state index in [1.807, 2.05) is 0 Å². The van der Waals surface area contributed by atoms with Crippen LogP contribution in [0.3, 0.4) is 0 Å². The van der Waals surface area contributed by atoms with Crippen LogP contribution >= 0.6 is 0 Å². The summed E-state index contributed by atoms with van der Waals surface area (Å²) in [5.41, 5.74) is 6.96. The van der Waals surface area contributed by atoms with Gasteiger partial charge in [-0.3, -0.25) is 0 Å². The van der Waals surface area contributed by atoms with Crippen LogP contribution in [0.2, 0.25) is 0 Å². The Morgan fingerprint density at radius 3 is 2.03 bits per heavy atom. The molecule has 7 heteroatoms. The van der Waals surface area contributed by atoms with E-state index in [1.165, 1.54) is 49.7 Å². The summed E-state index contributed by atoms with van der Waals surface area (Å²) < 4.78 is 16.9. The first-order chi connectivity index (χ1) is 16.0. The lowest BCUT2D eigenvalue weighted by atomic mass is 9.90. The minimum Gasteiger partial charge on any atom is -0.361 e. The molecule has 0 amide bonds. The lowest BCUT2D eigenvalue weighted by molar-refractivity contribution is 0.297. The van der Waals surface area contributed by atoms with Crippen molar-refractivity contribution in [2.45, 2.75) is 115 Å². The van der Waals surface area contributed by atoms with E-state index in [4.69, 9.17) is 13.7 Å². The van der Waals surface area contributed by atoms with Gasteiger partial charge in [0.05, 0.1) is 11.4 Å². The van der Waals surface area contributed by atoms with E-state index in [-0.39, 0.29) is 11.8 Å². The minimum atomic E-state index is 0.200. The predicted octanol–water partition coefficient (Wildman–Crippen LogP) is 6.49. The van der Waals surface area contributed by atoms with Gasteiger partial charge in [0, 0.05) is 47.6 Å². The molecule has 0 aliphatic heterocycles. The van der Waals surface area contributed by atoms with Gasteiger partial charge < -0.3 is 9.05 Å². The fourth-order valence-electron chi connectivity index (χ4n) is 5.32. The molecule has 0 spiro atoms. The summed E-state index contributed by atoms with van der Waals surface area (Å²) in [5, 5.41) is 17.6. The van der Waals surface area contributed by atoms with Gasteiger partial charge in [-0.2, -0.15) is 0 Å². The molecule has 0 aromatic carbocycles. The molecule has 3 fully saturated rings. The van der Waals surface area contributed by atoms with Crippen molar-refractivity contribution in [3.8, 4) is 0 Å². The quantitative estimate of drug-likeness (QED) is 0.348. The molecule has 33 heavy (non-hydrogen) atoms. The van der Waals surface area contributed by atoms with Crippen molar-refractivity contribution in [1.29, 1.82) is 0 Å². The Morgan fingerprint density at radius 2 is 1.36 bits per heavy atom. The molecule has 176 valence electrons. The average Bonchev–Trinajstić information content (AvgIpc) is 3.75. The molecular weight excluding hydrogens is 416 g/mol. The highest BCUT2D eigenvalue weighted by molar-refractivity contribution is 5.37. The normalized spacial score (nSPS) is 20.5. The molecule has 0 saturated heterocycles. The van der Waals surface area contributed by atoms with Crippen molar-refractivity contribution in [3.05, 3.63) is 45.4 Å². The predicted molar refractivity (Wildman–Crippen MR) is 122 cm³/mol. The maximum atomic E-state index is 6.00. The number of hydrogen-bond acceptors (Lipinski definition) is 7. The maximum absolute atomic E-state index is 6.00. The second-order valence-corrected chi connectivity index (χ2v) is 11.0. The van der Waals surface area contributed by atoms with E-state index in [0.717, 1.165) is 47.1 Å². The molecule has 3 aromatic heterocycles. The lowest BCUT2D eigenvalue weighted by Crippen LogP contribution is -2.06. The van der Waals surface area contributed by atoms with Gasteiger partial charge in [0.15, 0.2) is 0 Å². The molecular formula is C26H34N4O3. The Balaban J connectivity index is 1.24. The van der Waals surface area contributed by atoms with E-state index in [0.29, 0.717) is 23.7 Å². The fourth-order valence-corrected chi connectivity index (χ4v) is 5.32. The topological polar surface area (TPSA) is 91.0 Å². The van der Waals surface area contributed by atoms with E-state index in [9.17, 15) is 0 Å². The SMILES string of the molecule is CC(C)c1onc(CC(C)c2noc(CC(C)c3nonc3C3CC3)c2C2CC2)c1C1CC1. The third-order valence-corrected chi connectivity index (χ3v) is 7.59. The van der Waals surface area contributed by atoms with Crippen molar-refractivity contribution < 1.29 is 13.7 Å². The first-order valence-electron chi connectivity index (χ1n) is 12.8. The number of rotatable bonds is 10. The van der Waals surface area contributed by atoms with Gasteiger partial charge in [0.2, 0.25) is 0 Å². The minimum absolute atomic E-state index is 0.200. The van der Waals surface area contributed by atoms with E-state index >= 15 is 0 Å². The average molecular weight is 451 g/mol. The summed E-state index contributed by atoms with van der Waals surface area (Å²) in [4.78, 5) is 0. The molecule has 2 unspecified atom stereocenters. The Bertz CT molecular complexity index is 1130. The number of hydrogen-bond donors (Lipinski definition) is 0. The van der Waals surface area contributed by atoms with E-state index in [1.54, 1.807) is 0 Å². The van der Waals surface area contributed by atoms with Crippen molar-refractivity contribution in [2.75, 3.05) is 0 Å². The third-order valence-electron chi connectivity index (χ3n) is 7.59. The molecule has 0 N–H and O–H groups in total. The van der Waals surface area contributed by atoms with Gasteiger partial charge in [0.1, 0.15) is 22.9 Å². The van der Waals surface area contributed by atoms with E-state index in [2.05, 4.69) is 48.3 Å². The van der Waals surface area contributed by atoms with Crippen LogP contribution in [0.1, 0.15) is 147 Å². The zero-order chi connectivity index (χ0) is 22.7. The van der Waals surface area contributed by atoms with Crippen LogP contribution in [0.15, 0.2) is 13.7 Å². The Hall–Kier alpha value is -2.44. The molecule has 0 bridgehead atoms. The second kappa shape index (κ2) is 8.10. The van der Waals surface area contributed by atoms with Gasteiger partial charge in [-0.15, -0.1) is 0 Å². The van der Waals surface area contributed by atoms with Crippen LogP contribution in [-0.4, -0.2) is 20.6 Å².